The molecule has 136 valence electrons. The summed E-state index contributed by atoms with van der Waals surface area (Å²) >= 11 is 0. The van der Waals surface area contributed by atoms with E-state index in [1.807, 2.05) is 67.4 Å². The number of para-hydroxylation sites is 3. The number of hydrogen-bond acceptors (Lipinski definition) is 4. The van der Waals surface area contributed by atoms with E-state index in [1.54, 1.807) is 11.0 Å². The maximum absolute atomic E-state index is 12.9. The standard InChI is InChI=1S/C20H23N3O3/c1-15(22(2)12-13-26-16-8-4-3-5-9-16)20(25)23-14-19(24)21-17-10-6-7-11-18(17)23/h3-11,15H,12-14H2,1-2H3,(H,21,24)/t15-/m1/s1. The van der Waals surface area contributed by atoms with Crippen LogP contribution < -0.4 is 15.0 Å². The molecule has 6 heteroatoms. The van der Waals surface area contributed by atoms with E-state index in [4.69, 9.17) is 4.74 Å². The SMILES string of the molecule is C[C@H](C(=O)N1CC(=O)Nc2ccccc21)N(C)CCOc1ccccc1. The molecule has 1 N–H and O–H groups in total. The van der Waals surface area contributed by atoms with Gasteiger partial charge in [-0.1, -0.05) is 30.3 Å². The molecule has 0 saturated heterocycles. The second kappa shape index (κ2) is 8.01. The number of benzene rings is 2. The second-order valence-electron chi connectivity index (χ2n) is 6.31. The molecule has 1 heterocycles. The Labute approximate surface area is 153 Å². The number of hydrogen-bond donors (Lipinski definition) is 1. The summed E-state index contributed by atoms with van der Waals surface area (Å²) in [5, 5.41) is 2.80. The van der Waals surface area contributed by atoms with Crippen molar-refractivity contribution in [1.29, 1.82) is 0 Å². The predicted octanol–water partition coefficient (Wildman–Crippen LogP) is 2.37. The average molecular weight is 353 g/mol. The highest BCUT2D eigenvalue weighted by molar-refractivity contribution is 6.11. The van der Waals surface area contributed by atoms with E-state index in [9.17, 15) is 9.59 Å². The van der Waals surface area contributed by atoms with Gasteiger partial charge in [0, 0.05) is 6.54 Å². The number of amides is 2. The van der Waals surface area contributed by atoms with Crippen LogP contribution in [0.1, 0.15) is 6.92 Å². The van der Waals surface area contributed by atoms with Gasteiger partial charge in [-0.05, 0) is 38.2 Å². The number of anilines is 2. The molecule has 3 rings (SSSR count). The number of rotatable bonds is 6. The van der Waals surface area contributed by atoms with E-state index in [-0.39, 0.29) is 24.4 Å². The summed E-state index contributed by atoms with van der Waals surface area (Å²) in [7, 11) is 1.88. The normalized spacial score (nSPS) is 14.6. The third-order valence-electron chi connectivity index (χ3n) is 4.51. The molecule has 0 bridgehead atoms. The van der Waals surface area contributed by atoms with Crippen molar-refractivity contribution in [3.05, 3.63) is 54.6 Å². The zero-order valence-electron chi connectivity index (χ0n) is 15.0. The molecule has 0 unspecified atom stereocenters. The van der Waals surface area contributed by atoms with Gasteiger partial charge in [0.05, 0.1) is 17.4 Å². The lowest BCUT2D eigenvalue weighted by molar-refractivity contribution is -0.125. The zero-order chi connectivity index (χ0) is 18.5. The summed E-state index contributed by atoms with van der Waals surface area (Å²) in [5.74, 6) is 0.523. The fourth-order valence-electron chi connectivity index (χ4n) is 2.86. The predicted molar refractivity (Wildman–Crippen MR) is 101 cm³/mol. The fraction of sp³-hybridized carbons (Fsp3) is 0.300. The van der Waals surface area contributed by atoms with Crippen molar-refractivity contribution in [2.24, 2.45) is 0 Å². The number of fused-ring (bicyclic) bond motifs is 1. The summed E-state index contributed by atoms with van der Waals surface area (Å²) < 4.78 is 5.69. The smallest absolute Gasteiger partial charge is 0.244 e. The van der Waals surface area contributed by atoms with Crippen molar-refractivity contribution in [2.75, 3.05) is 37.0 Å². The second-order valence-corrected chi connectivity index (χ2v) is 6.31. The number of ether oxygens (including phenoxy) is 1. The maximum atomic E-state index is 12.9. The Morgan fingerprint density at radius 2 is 1.88 bits per heavy atom. The van der Waals surface area contributed by atoms with E-state index in [1.165, 1.54) is 0 Å². The van der Waals surface area contributed by atoms with Gasteiger partial charge >= 0.3 is 0 Å². The fourth-order valence-corrected chi connectivity index (χ4v) is 2.86. The molecule has 0 aliphatic carbocycles. The lowest BCUT2D eigenvalue weighted by Gasteiger charge is -2.33. The molecule has 0 saturated carbocycles. The molecule has 0 radical (unpaired) electrons. The molecule has 26 heavy (non-hydrogen) atoms. The Kier molecular flexibility index (Phi) is 5.53. The lowest BCUT2D eigenvalue weighted by atomic mass is 10.1. The van der Waals surface area contributed by atoms with Gasteiger partial charge in [0.2, 0.25) is 11.8 Å². The van der Waals surface area contributed by atoms with Gasteiger partial charge in [-0.15, -0.1) is 0 Å². The third kappa shape index (κ3) is 4.03. The molecule has 0 spiro atoms. The van der Waals surface area contributed by atoms with E-state index in [0.29, 0.717) is 18.8 Å². The van der Waals surface area contributed by atoms with E-state index in [0.717, 1.165) is 11.4 Å². The molecule has 0 aromatic heterocycles. The number of carbonyl (C=O) groups excluding carboxylic acids is 2. The van der Waals surface area contributed by atoms with Crippen LogP contribution in [-0.2, 0) is 9.59 Å². The monoisotopic (exact) mass is 353 g/mol. The average Bonchev–Trinajstić information content (AvgIpc) is 2.66. The first-order valence-electron chi connectivity index (χ1n) is 8.64. The van der Waals surface area contributed by atoms with Gasteiger partial charge in [-0.3, -0.25) is 19.4 Å². The summed E-state index contributed by atoms with van der Waals surface area (Å²) in [4.78, 5) is 28.3. The van der Waals surface area contributed by atoms with Gasteiger partial charge in [0.25, 0.3) is 0 Å². The van der Waals surface area contributed by atoms with Gasteiger partial charge in [0.1, 0.15) is 18.9 Å². The molecule has 1 aliphatic heterocycles. The Morgan fingerprint density at radius 1 is 1.19 bits per heavy atom. The van der Waals surface area contributed by atoms with Crippen molar-refractivity contribution in [3.63, 3.8) is 0 Å². The molecule has 2 amide bonds. The molecule has 6 nitrogen and oxygen atoms in total. The van der Waals surface area contributed by atoms with E-state index < -0.39 is 0 Å². The number of nitrogens with one attached hydrogen (secondary N) is 1. The number of carbonyl (C=O) groups is 2. The summed E-state index contributed by atoms with van der Waals surface area (Å²) in [6.07, 6.45) is 0. The first-order valence-corrected chi connectivity index (χ1v) is 8.64. The number of nitrogens with zero attached hydrogens (tertiary/aromatic N) is 2. The van der Waals surface area contributed by atoms with Crippen LogP contribution in [0.3, 0.4) is 0 Å². The van der Waals surface area contributed by atoms with Crippen molar-refractivity contribution in [1.82, 2.24) is 4.90 Å². The van der Waals surface area contributed by atoms with Crippen LogP contribution in [0.15, 0.2) is 54.6 Å². The van der Waals surface area contributed by atoms with Crippen LogP contribution in [0.4, 0.5) is 11.4 Å². The minimum atomic E-state index is -0.367. The minimum Gasteiger partial charge on any atom is -0.492 e. The van der Waals surface area contributed by atoms with Crippen LogP contribution in [0.2, 0.25) is 0 Å². The first kappa shape index (κ1) is 17.9. The van der Waals surface area contributed by atoms with Crippen molar-refractivity contribution in [2.45, 2.75) is 13.0 Å². The van der Waals surface area contributed by atoms with Crippen LogP contribution >= 0.6 is 0 Å². The molecule has 0 fully saturated rings. The van der Waals surface area contributed by atoms with Crippen LogP contribution in [0.5, 0.6) is 5.75 Å². The highest BCUT2D eigenvalue weighted by Crippen LogP contribution is 2.29. The van der Waals surface area contributed by atoms with Crippen LogP contribution in [-0.4, -0.2) is 49.5 Å². The Balaban J connectivity index is 1.61. The number of likely N-dealkylation sites (N-methyl/N-ethyl adjacent to an activating group) is 1. The van der Waals surface area contributed by atoms with Crippen LogP contribution in [0, 0.1) is 0 Å². The van der Waals surface area contributed by atoms with Crippen LogP contribution in [0.25, 0.3) is 0 Å². The zero-order valence-corrected chi connectivity index (χ0v) is 15.0. The van der Waals surface area contributed by atoms with Crippen molar-refractivity contribution >= 4 is 23.2 Å². The maximum Gasteiger partial charge on any atom is 0.244 e. The Bertz CT molecular complexity index is 779. The summed E-state index contributed by atoms with van der Waals surface area (Å²) in [6.45, 7) is 2.97. The molecular weight excluding hydrogens is 330 g/mol. The Hall–Kier alpha value is -2.86. The highest BCUT2D eigenvalue weighted by Gasteiger charge is 2.31. The topological polar surface area (TPSA) is 61.9 Å². The lowest BCUT2D eigenvalue weighted by Crippen LogP contribution is -2.50. The first-order chi connectivity index (χ1) is 12.6. The molecule has 2 aromatic carbocycles. The quantitative estimate of drug-likeness (QED) is 0.866. The minimum absolute atomic E-state index is 0.0363. The molecule has 1 aliphatic rings. The largest absolute Gasteiger partial charge is 0.492 e. The van der Waals surface area contributed by atoms with E-state index >= 15 is 0 Å². The summed E-state index contributed by atoms with van der Waals surface area (Å²) in [5.41, 5.74) is 1.40. The van der Waals surface area contributed by atoms with Crippen molar-refractivity contribution in [3.8, 4) is 5.75 Å². The molecule has 1 atom stereocenters. The van der Waals surface area contributed by atoms with Gasteiger partial charge in [-0.25, -0.2) is 0 Å². The van der Waals surface area contributed by atoms with Gasteiger partial charge < -0.3 is 10.1 Å². The van der Waals surface area contributed by atoms with E-state index in [2.05, 4.69) is 5.32 Å². The van der Waals surface area contributed by atoms with Gasteiger partial charge in [-0.2, -0.15) is 0 Å². The third-order valence-corrected chi connectivity index (χ3v) is 4.51. The molecule has 2 aromatic rings. The molecular formula is C20H23N3O3. The van der Waals surface area contributed by atoms with Gasteiger partial charge in [0.15, 0.2) is 0 Å². The Morgan fingerprint density at radius 3 is 2.65 bits per heavy atom. The summed E-state index contributed by atoms with van der Waals surface area (Å²) in [6, 6.07) is 16.6. The van der Waals surface area contributed by atoms with Crippen molar-refractivity contribution < 1.29 is 14.3 Å². The highest BCUT2D eigenvalue weighted by atomic mass is 16.5.